The van der Waals surface area contributed by atoms with Crippen molar-refractivity contribution in [2.24, 2.45) is 10.2 Å². The van der Waals surface area contributed by atoms with Crippen molar-refractivity contribution in [3.63, 3.8) is 0 Å². The predicted octanol–water partition coefficient (Wildman–Crippen LogP) is 4.08. The molecule has 0 spiro atoms. The van der Waals surface area contributed by atoms with Crippen molar-refractivity contribution in [2.45, 2.75) is 6.92 Å². The lowest BCUT2D eigenvalue weighted by atomic mass is 10.3. The van der Waals surface area contributed by atoms with Gasteiger partial charge in [-0.25, -0.2) is 4.79 Å². The number of thioether (sulfide) groups is 1. The maximum atomic E-state index is 11.7. The third kappa shape index (κ3) is 5.97. The molecule has 0 radical (unpaired) electrons. The van der Waals surface area contributed by atoms with Crippen LogP contribution in [0.3, 0.4) is 0 Å². The van der Waals surface area contributed by atoms with Crippen LogP contribution < -0.4 is 0 Å². The van der Waals surface area contributed by atoms with E-state index in [-0.39, 0.29) is 23.8 Å². The number of esters is 1. The fourth-order valence-electron chi connectivity index (χ4n) is 1.20. The molecule has 1 N–H and O–H groups in total. The second-order valence-corrected chi connectivity index (χ2v) is 5.25. The van der Waals surface area contributed by atoms with Crippen LogP contribution in [-0.4, -0.2) is 23.4 Å². The summed E-state index contributed by atoms with van der Waals surface area (Å²) in [6.45, 7) is 1.79. The quantitative estimate of drug-likeness (QED) is 0.268. The predicted molar refractivity (Wildman–Crippen MR) is 83.0 cm³/mol. The maximum Gasteiger partial charge on any atom is 0.362 e. The molecule has 0 atom stereocenters. The summed E-state index contributed by atoms with van der Waals surface area (Å²) < 4.78 is 5.69. The average molecular weight is 370 g/mol. The molecule has 0 fully saturated rings. The molecule has 1 rings (SSSR count). The lowest BCUT2D eigenvalue weighted by Gasteiger charge is -2.03. The monoisotopic (exact) mass is 369 g/mol. The van der Waals surface area contributed by atoms with Crippen LogP contribution in [0.5, 0.6) is 0 Å². The standard InChI is InChI=1S/C13H12BrN3O3S/c1-2-20-13(19)12(11(18)7-21-8-15)17-16-10-5-3-9(14)4-6-10/h3-6,18H,2,7H2,1H3/b12-11+,17-16?. The molecule has 0 saturated carbocycles. The Hall–Kier alpha value is -1.85. The van der Waals surface area contributed by atoms with E-state index in [1.165, 1.54) is 0 Å². The van der Waals surface area contributed by atoms with Crippen LogP contribution in [0, 0.1) is 10.7 Å². The van der Waals surface area contributed by atoms with Gasteiger partial charge >= 0.3 is 5.97 Å². The molecule has 21 heavy (non-hydrogen) atoms. The van der Waals surface area contributed by atoms with Gasteiger partial charge in [-0.15, -0.1) is 5.11 Å². The number of nitriles is 1. The summed E-state index contributed by atoms with van der Waals surface area (Å²) in [6.07, 6.45) is 0. The van der Waals surface area contributed by atoms with Gasteiger partial charge in [-0.05, 0) is 43.0 Å². The molecular weight excluding hydrogens is 358 g/mol. The molecule has 8 heteroatoms. The molecule has 0 amide bonds. The van der Waals surface area contributed by atoms with Crippen molar-refractivity contribution in [2.75, 3.05) is 12.4 Å². The molecule has 1 aromatic rings. The lowest BCUT2D eigenvalue weighted by molar-refractivity contribution is -0.138. The van der Waals surface area contributed by atoms with E-state index in [0.29, 0.717) is 5.69 Å². The Morgan fingerprint density at radius 1 is 1.48 bits per heavy atom. The van der Waals surface area contributed by atoms with E-state index in [0.717, 1.165) is 16.2 Å². The van der Waals surface area contributed by atoms with Crippen molar-refractivity contribution in [3.05, 3.63) is 40.2 Å². The molecule has 110 valence electrons. The summed E-state index contributed by atoms with van der Waals surface area (Å²) in [5.41, 5.74) is 0.211. The van der Waals surface area contributed by atoms with Crippen LogP contribution in [0.4, 0.5) is 5.69 Å². The summed E-state index contributed by atoms with van der Waals surface area (Å²) >= 11 is 4.08. The minimum atomic E-state index is -0.783. The highest BCUT2D eigenvalue weighted by Crippen LogP contribution is 2.19. The topological polar surface area (TPSA) is 95.0 Å². The van der Waals surface area contributed by atoms with Crippen molar-refractivity contribution in [1.29, 1.82) is 5.26 Å². The number of rotatable bonds is 6. The van der Waals surface area contributed by atoms with Crippen LogP contribution in [0.15, 0.2) is 50.4 Å². The second-order valence-electron chi connectivity index (χ2n) is 3.57. The fourth-order valence-corrected chi connectivity index (χ4v) is 1.80. The number of aliphatic hydroxyl groups is 1. The van der Waals surface area contributed by atoms with Gasteiger partial charge in [0, 0.05) is 4.47 Å². The first-order valence-electron chi connectivity index (χ1n) is 5.86. The van der Waals surface area contributed by atoms with Gasteiger partial charge in [-0.1, -0.05) is 15.9 Å². The number of azo groups is 1. The number of nitrogens with zero attached hydrogens (tertiary/aromatic N) is 3. The summed E-state index contributed by atoms with van der Waals surface area (Å²) in [5, 5.41) is 27.7. The fraction of sp³-hybridized carbons (Fsp3) is 0.231. The second kappa shape index (κ2) is 9.15. The smallest absolute Gasteiger partial charge is 0.362 e. The lowest BCUT2D eigenvalue weighted by Crippen LogP contribution is -2.09. The van der Waals surface area contributed by atoms with Gasteiger partial charge in [0.15, 0.2) is 0 Å². The first-order valence-corrected chi connectivity index (χ1v) is 7.63. The van der Waals surface area contributed by atoms with Gasteiger partial charge < -0.3 is 9.84 Å². The third-order valence-corrected chi connectivity index (χ3v) is 3.18. The molecule has 6 nitrogen and oxygen atoms in total. The van der Waals surface area contributed by atoms with E-state index in [9.17, 15) is 9.90 Å². The van der Waals surface area contributed by atoms with E-state index < -0.39 is 5.97 Å². The molecule has 0 aliphatic carbocycles. The number of carbonyl (C=O) groups excluding carboxylic acids is 1. The summed E-state index contributed by atoms with van der Waals surface area (Å²) in [5.74, 6) is -1.19. The zero-order valence-corrected chi connectivity index (χ0v) is 13.5. The maximum absolute atomic E-state index is 11.7. The van der Waals surface area contributed by atoms with Crippen molar-refractivity contribution in [1.82, 2.24) is 0 Å². The molecule has 1 aromatic carbocycles. The number of carbonyl (C=O) groups is 1. The number of halogens is 1. The largest absolute Gasteiger partial charge is 0.509 e. The Labute approximate surface area is 134 Å². The van der Waals surface area contributed by atoms with E-state index in [2.05, 4.69) is 26.2 Å². The van der Waals surface area contributed by atoms with Gasteiger partial charge in [0.25, 0.3) is 0 Å². The summed E-state index contributed by atoms with van der Waals surface area (Å²) in [6, 6.07) is 6.93. The molecule has 0 unspecified atom stereocenters. The summed E-state index contributed by atoms with van der Waals surface area (Å²) in [4.78, 5) is 11.7. The first-order chi connectivity index (χ1) is 10.1. The number of thiocyanates is 1. The molecular formula is C13H12BrN3O3S. The Balaban J connectivity index is 2.99. The molecule has 0 saturated heterocycles. The summed E-state index contributed by atoms with van der Waals surface area (Å²) in [7, 11) is 0. The number of ether oxygens (including phenoxy) is 1. The first kappa shape index (κ1) is 17.2. The normalized spacial score (nSPS) is 11.9. The Morgan fingerprint density at radius 3 is 2.71 bits per heavy atom. The zero-order valence-electron chi connectivity index (χ0n) is 11.1. The highest BCUT2D eigenvalue weighted by molar-refractivity contribution is 9.10. The van der Waals surface area contributed by atoms with Gasteiger partial charge in [0.2, 0.25) is 5.70 Å². The zero-order chi connectivity index (χ0) is 15.7. The Bertz CT molecular complexity index is 594. The molecule has 0 aromatic heterocycles. The minimum absolute atomic E-state index is 0.0655. The molecule has 0 bridgehead atoms. The van der Waals surface area contributed by atoms with Crippen LogP contribution in [0.1, 0.15) is 6.92 Å². The minimum Gasteiger partial charge on any atom is -0.509 e. The Morgan fingerprint density at radius 2 is 2.14 bits per heavy atom. The van der Waals surface area contributed by atoms with Crippen LogP contribution >= 0.6 is 27.7 Å². The number of hydrogen-bond donors (Lipinski definition) is 1. The third-order valence-electron chi connectivity index (χ3n) is 2.11. The molecule has 0 aliphatic heterocycles. The van der Waals surface area contributed by atoms with Crippen molar-refractivity contribution >= 4 is 39.3 Å². The Kier molecular flexibility index (Phi) is 7.50. The van der Waals surface area contributed by atoms with Gasteiger partial charge in [-0.3, -0.25) is 0 Å². The van der Waals surface area contributed by atoms with E-state index in [1.54, 1.807) is 36.6 Å². The van der Waals surface area contributed by atoms with Gasteiger partial charge in [0.05, 0.1) is 18.0 Å². The van der Waals surface area contributed by atoms with Crippen LogP contribution in [0.25, 0.3) is 0 Å². The van der Waals surface area contributed by atoms with Crippen LogP contribution in [-0.2, 0) is 9.53 Å². The number of hydrogen-bond acceptors (Lipinski definition) is 7. The van der Waals surface area contributed by atoms with Crippen LogP contribution in [0.2, 0.25) is 0 Å². The molecule has 0 aliphatic rings. The SMILES string of the molecule is CCOC(=O)/C(N=Nc1ccc(Br)cc1)=C(\O)CSC#N. The van der Waals surface area contributed by atoms with E-state index >= 15 is 0 Å². The van der Waals surface area contributed by atoms with Crippen molar-refractivity contribution < 1.29 is 14.6 Å². The van der Waals surface area contributed by atoms with Crippen molar-refractivity contribution in [3.8, 4) is 5.40 Å². The molecule has 0 heterocycles. The number of benzene rings is 1. The highest BCUT2D eigenvalue weighted by Gasteiger charge is 2.16. The average Bonchev–Trinajstić information content (AvgIpc) is 2.47. The highest BCUT2D eigenvalue weighted by atomic mass is 79.9. The van der Waals surface area contributed by atoms with E-state index in [4.69, 9.17) is 10.00 Å². The van der Waals surface area contributed by atoms with Gasteiger partial charge in [0.1, 0.15) is 11.2 Å². The van der Waals surface area contributed by atoms with E-state index in [1.807, 2.05) is 0 Å². The van der Waals surface area contributed by atoms with Gasteiger partial charge in [-0.2, -0.15) is 10.4 Å². The number of aliphatic hydroxyl groups excluding tert-OH is 1.